The second-order valence-electron chi connectivity index (χ2n) is 7.42. The monoisotopic (exact) mass is 353 g/mol. The molecule has 0 aliphatic heterocycles. The molecule has 3 aromatic heterocycles. The number of hydrogen-bond acceptors (Lipinski definition) is 2. The Labute approximate surface area is 157 Å². The molecule has 5 rings (SSSR count). The highest BCUT2D eigenvalue weighted by atomic mass is 16.3. The quantitative estimate of drug-likeness (QED) is 0.370. The summed E-state index contributed by atoms with van der Waals surface area (Å²) in [6, 6.07) is 15.0. The highest BCUT2D eigenvalue weighted by molar-refractivity contribution is 6.20. The van der Waals surface area contributed by atoms with Gasteiger partial charge in [-0.1, -0.05) is 30.3 Å². The van der Waals surface area contributed by atoms with E-state index in [1.165, 1.54) is 22.1 Å². The van der Waals surface area contributed by atoms with Crippen LogP contribution in [0.15, 0.2) is 59.3 Å². The van der Waals surface area contributed by atoms with Crippen LogP contribution in [-0.4, -0.2) is 4.98 Å². The Kier molecular flexibility index (Phi) is 3.35. The normalized spacial score (nSPS) is 11.7. The molecule has 0 atom stereocenters. The molecule has 0 radical (unpaired) electrons. The number of benzene rings is 2. The van der Waals surface area contributed by atoms with Gasteiger partial charge in [0, 0.05) is 29.1 Å². The van der Waals surface area contributed by atoms with Crippen LogP contribution in [0.4, 0.5) is 0 Å². The van der Waals surface area contributed by atoms with Crippen LogP contribution in [0.25, 0.3) is 44.1 Å². The molecule has 0 spiro atoms. The SMILES string of the molecule is Cc1cc[n+](C)c(-c2c(C)cc(C)c3c2oc2ncc4ccccc4c23)c1. The van der Waals surface area contributed by atoms with E-state index < -0.39 is 0 Å². The number of fused-ring (bicyclic) bond motifs is 5. The number of nitrogens with zero attached hydrogens (tertiary/aromatic N) is 2. The van der Waals surface area contributed by atoms with E-state index in [2.05, 4.69) is 80.0 Å². The Balaban J connectivity index is 2.02. The molecule has 0 bridgehead atoms. The molecule has 0 unspecified atom stereocenters. The van der Waals surface area contributed by atoms with Gasteiger partial charge in [-0.15, -0.1) is 0 Å². The lowest BCUT2D eigenvalue weighted by Crippen LogP contribution is -2.30. The minimum atomic E-state index is 0.703. The summed E-state index contributed by atoms with van der Waals surface area (Å²) in [6.07, 6.45) is 4.00. The van der Waals surface area contributed by atoms with Gasteiger partial charge in [-0.25, -0.2) is 9.55 Å². The first-order valence-corrected chi connectivity index (χ1v) is 9.21. The fourth-order valence-electron chi connectivity index (χ4n) is 4.17. The van der Waals surface area contributed by atoms with Crippen molar-refractivity contribution in [3.8, 4) is 11.3 Å². The van der Waals surface area contributed by atoms with E-state index in [-0.39, 0.29) is 0 Å². The molecule has 3 nitrogen and oxygen atoms in total. The second kappa shape index (κ2) is 5.65. The van der Waals surface area contributed by atoms with Crippen LogP contribution < -0.4 is 4.57 Å². The summed E-state index contributed by atoms with van der Waals surface area (Å²) in [7, 11) is 2.08. The zero-order valence-corrected chi connectivity index (χ0v) is 16.0. The van der Waals surface area contributed by atoms with Gasteiger partial charge in [-0.3, -0.25) is 0 Å². The van der Waals surface area contributed by atoms with Crippen LogP contribution in [0, 0.1) is 20.8 Å². The van der Waals surface area contributed by atoms with Gasteiger partial charge in [0.2, 0.25) is 11.4 Å². The van der Waals surface area contributed by atoms with Gasteiger partial charge >= 0.3 is 0 Å². The molecular formula is C24H21N2O+. The van der Waals surface area contributed by atoms with Crippen LogP contribution in [0.1, 0.15) is 16.7 Å². The third kappa shape index (κ3) is 2.28. The predicted octanol–water partition coefficient (Wildman–Crippen LogP) is 5.55. The lowest BCUT2D eigenvalue weighted by atomic mass is 9.95. The highest BCUT2D eigenvalue weighted by Crippen LogP contribution is 2.40. The first-order chi connectivity index (χ1) is 13.0. The summed E-state index contributed by atoms with van der Waals surface area (Å²) in [5.74, 6) is 0. The van der Waals surface area contributed by atoms with Gasteiger partial charge in [-0.05, 0) is 42.8 Å². The first-order valence-electron chi connectivity index (χ1n) is 9.21. The summed E-state index contributed by atoms with van der Waals surface area (Å²) < 4.78 is 8.53. The molecular weight excluding hydrogens is 332 g/mol. The molecule has 0 amide bonds. The van der Waals surface area contributed by atoms with Crippen LogP contribution in [-0.2, 0) is 7.05 Å². The van der Waals surface area contributed by atoms with Crippen LogP contribution in [0.2, 0.25) is 0 Å². The van der Waals surface area contributed by atoms with Crippen molar-refractivity contribution in [3.63, 3.8) is 0 Å². The van der Waals surface area contributed by atoms with Gasteiger partial charge in [0.15, 0.2) is 11.8 Å². The number of aryl methyl sites for hydroxylation is 4. The van der Waals surface area contributed by atoms with Gasteiger partial charge < -0.3 is 4.42 Å². The van der Waals surface area contributed by atoms with Gasteiger partial charge in [0.25, 0.3) is 0 Å². The molecule has 0 saturated carbocycles. The standard InChI is InChI=1S/C24H21N2O/c1-14-9-10-26(4)19(11-14)20-15(2)12-16(3)21-22-18-8-6-5-7-17(18)13-25-24(22)27-23(20)21/h5-13H,1-4H3/q+1. The molecule has 27 heavy (non-hydrogen) atoms. The number of hydrogen-bond donors (Lipinski definition) is 0. The Bertz CT molecular complexity index is 1360. The van der Waals surface area contributed by atoms with Crippen molar-refractivity contribution in [3.05, 3.63) is 71.5 Å². The van der Waals surface area contributed by atoms with Crippen molar-refractivity contribution in [2.45, 2.75) is 20.8 Å². The van der Waals surface area contributed by atoms with Crippen LogP contribution in [0.3, 0.4) is 0 Å². The van der Waals surface area contributed by atoms with Crippen LogP contribution in [0.5, 0.6) is 0 Å². The topological polar surface area (TPSA) is 29.9 Å². The number of pyridine rings is 2. The van der Waals surface area contributed by atoms with Crippen molar-refractivity contribution in [1.29, 1.82) is 0 Å². The highest BCUT2D eigenvalue weighted by Gasteiger charge is 2.23. The average molecular weight is 353 g/mol. The van der Waals surface area contributed by atoms with E-state index in [0.717, 1.165) is 33.0 Å². The minimum absolute atomic E-state index is 0.703. The van der Waals surface area contributed by atoms with Crippen molar-refractivity contribution in [2.75, 3.05) is 0 Å². The largest absolute Gasteiger partial charge is 0.437 e. The third-order valence-electron chi connectivity index (χ3n) is 5.45. The maximum Gasteiger partial charge on any atom is 0.227 e. The van der Waals surface area contributed by atoms with E-state index in [9.17, 15) is 0 Å². The summed E-state index contributed by atoms with van der Waals surface area (Å²) in [4.78, 5) is 4.62. The molecule has 3 heteroatoms. The molecule has 0 saturated heterocycles. The number of furan rings is 1. The summed E-state index contributed by atoms with van der Waals surface area (Å²) in [5.41, 5.74) is 7.59. The maximum atomic E-state index is 6.38. The fourth-order valence-corrected chi connectivity index (χ4v) is 4.17. The lowest BCUT2D eigenvalue weighted by molar-refractivity contribution is -0.660. The van der Waals surface area contributed by atoms with Crippen LogP contribution >= 0.6 is 0 Å². The molecule has 3 heterocycles. The summed E-state index contributed by atoms with van der Waals surface area (Å²) in [5, 5.41) is 4.59. The van der Waals surface area contributed by atoms with E-state index >= 15 is 0 Å². The van der Waals surface area contributed by atoms with Crippen molar-refractivity contribution in [2.24, 2.45) is 7.05 Å². The Morgan fingerprint density at radius 2 is 1.74 bits per heavy atom. The Hall–Kier alpha value is -3.20. The van der Waals surface area contributed by atoms with Crippen molar-refractivity contribution < 1.29 is 8.98 Å². The van der Waals surface area contributed by atoms with Gasteiger partial charge in [0.05, 0.1) is 10.9 Å². The third-order valence-corrected chi connectivity index (χ3v) is 5.45. The van der Waals surface area contributed by atoms with Gasteiger partial charge in [-0.2, -0.15) is 0 Å². The molecule has 0 N–H and O–H groups in total. The zero-order valence-electron chi connectivity index (χ0n) is 16.0. The van der Waals surface area contributed by atoms with Crippen molar-refractivity contribution in [1.82, 2.24) is 4.98 Å². The van der Waals surface area contributed by atoms with E-state index in [1.54, 1.807) is 0 Å². The molecule has 0 aliphatic rings. The summed E-state index contributed by atoms with van der Waals surface area (Å²) >= 11 is 0. The van der Waals surface area contributed by atoms with E-state index in [0.29, 0.717) is 5.71 Å². The first kappa shape index (κ1) is 16.0. The van der Waals surface area contributed by atoms with E-state index in [1.807, 2.05) is 12.3 Å². The Morgan fingerprint density at radius 3 is 2.59 bits per heavy atom. The second-order valence-corrected chi connectivity index (χ2v) is 7.42. The molecule has 0 fully saturated rings. The molecule has 2 aromatic carbocycles. The average Bonchev–Trinajstić information content (AvgIpc) is 3.04. The minimum Gasteiger partial charge on any atom is -0.437 e. The van der Waals surface area contributed by atoms with Crippen molar-refractivity contribution >= 4 is 32.8 Å². The fraction of sp³-hybridized carbons (Fsp3) is 0.167. The zero-order chi connectivity index (χ0) is 18.7. The molecule has 132 valence electrons. The maximum absolute atomic E-state index is 6.38. The molecule has 0 aliphatic carbocycles. The Morgan fingerprint density at radius 1 is 0.926 bits per heavy atom. The van der Waals surface area contributed by atoms with Gasteiger partial charge in [0.1, 0.15) is 7.05 Å². The lowest BCUT2D eigenvalue weighted by Gasteiger charge is -2.08. The van der Waals surface area contributed by atoms with E-state index in [4.69, 9.17) is 4.42 Å². The summed E-state index contributed by atoms with van der Waals surface area (Å²) in [6.45, 7) is 6.44. The predicted molar refractivity (Wildman–Crippen MR) is 110 cm³/mol. The number of aromatic nitrogens is 2. The smallest absolute Gasteiger partial charge is 0.227 e. The molecule has 5 aromatic rings. The number of rotatable bonds is 1.